The molecule has 18 heavy (non-hydrogen) atoms. The summed E-state index contributed by atoms with van der Waals surface area (Å²) in [6, 6.07) is 15.4. The zero-order chi connectivity index (χ0) is 12.8. The van der Waals surface area contributed by atoms with Crippen molar-refractivity contribution in [2.75, 3.05) is 20.3 Å². The Morgan fingerprint density at radius 1 is 1.11 bits per heavy atom. The SMILES string of the molecule is CCOCCC(NC)c1cccc2ccccc12. The molecule has 0 amide bonds. The number of rotatable bonds is 6. The van der Waals surface area contributed by atoms with E-state index in [4.69, 9.17) is 4.74 Å². The van der Waals surface area contributed by atoms with E-state index >= 15 is 0 Å². The summed E-state index contributed by atoms with van der Waals surface area (Å²) in [4.78, 5) is 0. The second-order valence-electron chi connectivity index (χ2n) is 4.40. The Balaban J connectivity index is 2.27. The Kier molecular flexibility index (Phi) is 4.73. The fourth-order valence-electron chi connectivity index (χ4n) is 2.36. The van der Waals surface area contributed by atoms with Crippen LogP contribution in [-0.2, 0) is 4.74 Å². The van der Waals surface area contributed by atoms with E-state index in [-0.39, 0.29) is 0 Å². The highest BCUT2D eigenvalue weighted by Crippen LogP contribution is 2.25. The van der Waals surface area contributed by atoms with Gasteiger partial charge in [-0.05, 0) is 36.7 Å². The lowest BCUT2D eigenvalue weighted by Gasteiger charge is -2.18. The number of hydrogen-bond acceptors (Lipinski definition) is 2. The summed E-state index contributed by atoms with van der Waals surface area (Å²) < 4.78 is 5.46. The molecule has 0 aromatic heterocycles. The molecule has 2 aromatic rings. The first kappa shape index (κ1) is 13.1. The van der Waals surface area contributed by atoms with Crippen LogP contribution in [0.1, 0.15) is 24.9 Å². The van der Waals surface area contributed by atoms with Gasteiger partial charge < -0.3 is 10.1 Å². The first-order valence-electron chi connectivity index (χ1n) is 6.59. The van der Waals surface area contributed by atoms with Crippen LogP contribution in [0.4, 0.5) is 0 Å². The van der Waals surface area contributed by atoms with Gasteiger partial charge in [-0.2, -0.15) is 0 Å². The van der Waals surface area contributed by atoms with Crippen molar-refractivity contribution < 1.29 is 4.74 Å². The minimum Gasteiger partial charge on any atom is -0.382 e. The van der Waals surface area contributed by atoms with E-state index < -0.39 is 0 Å². The second kappa shape index (κ2) is 6.53. The van der Waals surface area contributed by atoms with Crippen LogP contribution in [-0.4, -0.2) is 20.3 Å². The van der Waals surface area contributed by atoms with Crippen molar-refractivity contribution in [3.63, 3.8) is 0 Å². The van der Waals surface area contributed by atoms with Crippen LogP contribution in [0, 0.1) is 0 Å². The maximum atomic E-state index is 5.46. The van der Waals surface area contributed by atoms with Gasteiger partial charge in [0.25, 0.3) is 0 Å². The Labute approximate surface area is 109 Å². The lowest BCUT2D eigenvalue weighted by molar-refractivity contribution is 0.137. The van der Waals surface area contributed by atoms with Gasteiger partial charge in [-0.3, -0.25) is 0 Å². The van der Waals surface area contributed by atoms with Crippen LogP contribution in [0.5, 0.6) is 0 Å². The van der Waals surface area contributed by atoms with Crippen LogP contribution in [0.3, 0.4) is 0 Å². The minimum absolute atomic E-state index is 0.350. The number of ether oxygens (including phenoxy) is 1. The summed E-state index contributed by atoms with van der Waals surface area (Å²) in [6.07, 6.45) is 0.998. The van der Waals surface area contributed by atoms with Gasteiger partial charge in [0, 0.05) is 19.3 Å². The molecule has 2 rings (SSSR count). The average molecular weight is 243 g/mol. The number of benzene rings is 2. The molecule has 96 valence electrons. The number of nitrogens with one attached hydrogen (secondary N) is 1. The van der Waals surface area contributed by atoms with Gasteiger partial charge in [-0.15, -0.1) is 0 Å². The molecule has 1 unspecified atom stereocenters. The predicted molar refractivity (Wildman–Crippen MR) is 76.9 cm³/mol. The van der Waals surface area contributed by atoms with Crippen molar-refractivity contribution in [3.05, 3.63) is 48.0 Å². The van der Waals surface area contributed by atoms with Gasteiger partial charge in [-0.25, -0.2) is 0 Å². The average Bonchev–Trinajstić information content (AvgIpc) is 2.43. The largest absolute Gasteiger partial charge is 0.382 e. The van der Waals surface area contributed by atoms with Gasteiger partial charge in [0.1, 0.15) is 0 Å². The standard InChI is InChI=1S/C16H21NO/c1-3-18-12-11-16(17-2)15-10-6-8-13-7-4-5-9-14(13)15/h4-10,16-17H,3,11-12H2,1-2H3. The second-order valence-corrected chi connectivity index (χ2v) is 4.40. The predicted octanol–water partition coefficient (Wildman–Crippen LogP) is 3.53. The van der Waals surface area contributed by atoms with Crippen LogP contribution >= 0.6 is 0 Å². The first-order chi connectivity index (χ1) is 8.86. The fraction of sp³-hybridized carbons (Fsp3) is 0.375. The molecule has 1 atom stereocenters. The molecular weight excluding hydrogens is 222 g/mol. The maximum absolute atomic E-state index is 5.46. The molecule has 2 heteroatoms. The highest BCUT2D eigenvalue weighted by atomic mass is 16.5. The van der Waals surface area contributed by atoms with E-state index in [9.17, 15) is 0 Å². The molecule has 2 nitrogen and oxygen atoms in total. The van der Waals surface area contributed by atoms with E-state index in [2.05, 4.69) is 47.8 Å². The molecule has 0 aliphatic carbocycles. The van der Waals surface area contributed by atoms with Crippen molar-refractivity contribution in [1.29, 1.82) is 0 Å². The molecule has 0 radical (unpaired) electrons. The highest BCUT2D eigenvalue weighted by Gasteiger charge is 2.11. The summed E-state index contributed by atoms with van der Waals surface area (Å²) in [5, 5.41) is 6.02. The van der Waals surface area contributed by atoms with Gasteiger partial charge in [0.15, 0.2) is 0 Å². The van der Waals surface area contributed by atoms with E-state index in [0.717, 1.165) is 19.6 Å². The summed E-state index contributed by atoms with van der Waals surface area (Å²) in [5.74, 6) is 0. The van der Waals surface area contributed by atoms with Gasteiger partial charge in [0.2, 0.25) is 0 Å². The number of fused-ring (bicyclic) bond motifs is 1. The van der Waals surface area contributed by atoms with Crippen LogP contribution < -0.4 is 5.32 Å². The van der Waals surface area contributed by atoms with Gasteiger partial charge in [-0.1, -0.05) is 42.5 Å². The van der Waals surface area contributed by atoms with Crippen molar-refractivity contribution in [1.82, 2.24) is 5.32 Å². The molecule has 0 heterocycles. The molecule has 2 aromatic carbocycles. The van der Waals surface area contributed by atoms with E-state index in [1.807, 2.05) is 14.0 Å². The Bertz CT molecular complexity index is 490. The first-order valence-corrected chi connectivity index (χ1v) is 6.59. The molecule has 1 N–H and O–H groups in total. The van der Waals surface area contributed by atoms with Crippen molar-refractivity contribution in [2.45, 2.75) is 19.4 Å². The minimum atomic E-state index is 0.350. The van der Waals surface area contributed by atoms with Gasteiger partial charge in [0.05, 0.1) is 0 Å². The summed E-state index contributed by atoms with van der Waals surface area (Å²) in [6.45, 7) is 3.61. The normalized spacial score (nSPS) is 12.8. The van der Waals surface area contributed by atoms with Crippen molar-refractivity contribution >= 4 is 10.8 Å². The van der Waals surface area contributed by atoms with E-state index in [1.54, 1.807) is 0 Å². The molecule has 0 aliphatic heterocycles. The molecule has 0 fully saturated rings. The molecule has 0 saturated heterocycles. The van der Waals surface area contributed by atoms with Crippen LogP contribution in [0.25, 0.3) is 10.8 Å². The Morgan fingerprint density at radius 2 is 1.89 bits per heavy atom. The Hall–Kier alpha value is -1.38. The third kappa shape index (κ3) is 2.89. The van der Waals surface area contributed by atoms with E-state index in [1.165, 1.54) is 16.3 Å². The molecular formula is C16H21NO. The zero-order valence-corrected chi connectivity index (χ0v) is 11.1. The molecule has 0 bridgehead atoms. The summed E-state index contributed by atoms with van der Waals surface area (Å²) in [5.41, 5.74) is 1.36. The fourth-order valence-corrected chi connectivity index (χ4v) is 2.36. The monoisotopic (exact) mass is 243 g/mol. The lowest BCUT2D eigenvalue weighted by atomic mass is 9.97. The quantitative estimate of drug-likeness (QED) is 0.784. The smallest absolute Gasteiger partial charge is 0.0484 e. The molecule has 0 saturated carbocycles. The molecule has 0 aliphatic rings. The van der Waals surface area contributed by atoms with Gasteiger partial charge >= 0.3 is 0 Å². The zero-order valence-electron chi connectivity index (χ0n) is 11.1. The number of hydrogen-bond donors (Lipinski definition) is 1. The summed E-state index contributed by atoms with van der Waals surface area (Å²) >= 11 is 0. The van der Waals surface area contributed by atoms with Crippen molar-refractivity contribution in [3.8, 4) is 0 Å². The van der Waals surface area contributed by atoms with E-state index in [0.29, 0.717) is 6.04 Å². The van der Waals surface area contributed by atoms with Crippen molar-refractivity contribution in [2.24, 2.45) is 0 Å². The third-order valence-electron chi connectivity index (χ3n) is 3.30. The van der Waals surface area contributed by atoms with Crippen LogP contribution in [0.2, 0.25) is 0 Å². The Morgan fingerprint density at radius 3 is 2.67 bits per heavy atom. The highest BCUT2D eigenvalue weighted by molar-refractivity contribution is 5.86. The topological polar surface area (TPSA) is 21.3 Å². The maximum Gasteiger partial charge on any atom is 0.0484 e. The third-order valence-corrected chi connectivity index (χ3v) is 3.30. The molecule has 0 spiro atoms. The lowest BCUT2D eigenvalue weighted by Crippen LogP contribution is -2.18. The van der Waals surface area contributed by atoms with Crippen LogP contribution in [0.15, 0.2) is 42.5 Å². The summed E-state index contributed by atoms with van der Waals surface area (Å²) in [7, 11) is 2.01.